The molecule has 8 nitrogen and oxygen atoms in total. The number of nitrogens with one attached hydrogen (secondary N) is 1. The number of nitrogens with zero attached hydrogens (tertiary/aromatic N) is 1. The van der Waals surface area contributed by atoms with Crippen LogP contribution >= 0.6 is 0 Å². The fraction of sp³-hybridized carbons (Fsp3) is 0.200. The van der Waals surface area contributed by atoms with Gasteiger partial charge in [0.05, 0.1) is 19.8 Å². The third kappa shape index (κ3) is 4.17. The van der Waals surface area contributed by atoms with Crippen LogP contribution < -0.4 is 15.7 Å². The van der Waals surface area contributed by atoms with E-state index >= 15 is 0 Å². The number of carbonyl (C=O) groups is 2. The number of rotatable bonds is 6. The van der Waals surface area contributed by atoms with E-state index in [9.17, 15) is 14.4 Å². The van der Waals surface area contributed by atoms with Crippen LogP contribution in [0.2, 0.25) is 0 Å². The van der Waals surface area contributed by atoms with Crippen molar-refractivity contribution >= 4 is 22.8 Å². The number of hydrogen-bond donors (Lipinski definition) is 1. The van der Waals surface area contributed by atoms with Crippen molar-refractivity contribution in [1.82, 2.24) is 10.3 Å². The Hall–Kier alpha value is -3.68. The fourth-order valence-corrected chi connectivity index (χ4v) is 2.80. The van der Waals surface area contributed by atoms with E-state index in [2.05, 4.69) is 10.3 Å². The van der Waals surface area contributed by atoms with Crippen LogP contribution in [0.15, 0.2) is 58.0 Å². The number of ether oxygens (including phenoxy) is 2. The predicted molar refractivity (Wildman–Crippen MR) is 100 cm³/mol. The number of esters is 1. The molecule has 8 heteroatoms. The topological polar surface area (TPSA) is 108 Å². The van der Waals surface area contributed by atoms with Crippen molar-refractivity contribution in [3.8, 4) is 5.75 Å². The molecule has 2 aromatic heterocycles. The summed E-state index contributed by atoms with van der Waals surface area (Å²) >= 11 is 0. The number of fused-ring (bicyclic) bond motifs is 1. The van der Waals surface area contributed by atoms with Gasteiger partial charge in [-0.2, -0.15) is 0 Å². The lowest BCUT2D eigenvalue weighted by Gasteiger charge is -2.17. The Labute approximate surface area is 160 Å². The summed E-state index contributed by atoms with van der Waals surface area (Å²) in [6.07, 6.45) is 2.98. The molecule has 2 heterocycles. The number of benzene rings is 1. The van der Waals surface area contributed by atoms with Crippen molar-refractivity contribution in [2.75, 3.05) is 14.2 Å². The van der Waals surface area contributed by atoms with E-state index in [1.165, 1.54) is 32.7 Å². The second kappa shape index (κ2) is 8.34. The molecule has 1 atom stereocenters. The summed E-state index contributed by atoms with van der Waals surface area (Å²) in [7, 11) is 2.73. The molecule has 1 amide bonds. The van der Waals surface area contributed by atoms with Crippen LogP contribution in [0, 0.1) is 0 Å². The summed E-state index contributed by atoms with van der Waals surface area (Å²) in [4.78, 5) is 40.5. The quantitative estimate of drug-likeness (QED) is 0.511. The first-order valence-electron chi connectivity index (χ1n) is 8.41. The molecule has 0 aliphatic rings. The number of pyridine rings is 1. The minimum absolute atomic E-state index is 0.0487. The molecule has 0 saturated carbocycles. The molecule has 0 radical (unpaired) electrons. The van der Waals surface area contributed by atoms with Gasteiger partial charge in [-0.1, -0.05) is 0 Å². The van der Waals surface area contributed by atoms with Crippen molar-refractivity contribution in [2.24, 2.45) is 0 Å². The molecule has 0 fully saturated rings. The lowest BCUT2D eigenvalue weighted by atomic mass is 10.0. The third-order valence-corrected chi connectivity index (χ3v) is 4.18. The second-order valence-electron chi connectivity index (χ2n) is 5.95. The first kappa shape index (κ1) is 19.1. The van der Waals surface area contributed by atoms with Crippen LogP contribution in [0.3, 0.4) is 0 Å². The Morgan fingerprint density at radius 3 is 2.71 bits per heavy atom. The fourth-order valence-electron chi connectivity index (χ4n) is 2.80. The molecule has 144 valence electrons. The van der Waals surface area contributed by atoms with Gasteiger partial charge in [-0.25, -0.2) is 9.59 Å². The minimum Gasteiger partial charge on any atom is -0.497 e. The number of methoxy groups -OCH3 is 2. The van der Waals surface area contributed by atoms with Crippen LogP contribution in [0.1, 0.15) is 15.9 Å². The summed E-state index contributed by atoms with van der Waals surface area (Å²) in [5.41, 5.74) is 0.594. The van der Waals surface area contributed by atoms with Crippen LogP contribution in [-0.2, 0) is 16.0 Å². The number of aromatic nitrogens is 1. The van der Waals surface area contributed by atoms with Crippen LogP contribution in [0.4, 0.5) is 0 Å². The van der Waals surface area contributed by atoms with Gasteiger partial charge in [-0.15, -0.1) is 0 Å². The maximum Gasteiger partial charge on any atom is 0.336 e. The highest BCUT2D eigenvalue weighted by Crippen LogP contribution is 2.23. The average Bonchev–Trinajstić information content (AvgIpc) is 2.72. The Balaban J connectivity index is 1.94. The van der Waals surface area contributed by atoms with Gasteiger partial charge in [0.15, 0.2) is 0 Å². The molecule has 0 saturated heterocycles. The van der Waals surface area contributed by atoms with Crippen molar-refractivity contribution in [3.05, 3.63) is 70.3 Å². The Morgan fingerprint density at radius 2 is 2.04 bits per heavy atom. The number of amides is 1. The summed E-state index contributed by atoms with van der Waals surface area (Å²) in [6.45, 7) is 0. The minimum atomic E-state index is -0.996. The number of hydrogen-bond acceptors (Lipinski definition) is 7. The van der Waals surface area contributed by atoms with Gasteiger partial charge >= 0.3 is 11.6 Å². The van der Waals surface area contributed by atoms with Crippen molar-refractivity contribution in [2.45, 2.75) is 12.5 Å². The van der Waals surface area contributed by atoms with Crippen LogP contribution in [-0.4, -0.2) is 37.1 Å². The second-order valence-corrected chi connectivity index (χ2v) is 5.95. The molecule has 0 spiro atoms. The maximum atomic E-state index is 12.4. The van der Waals surface area contributed by atoms with Gasteiger partial charge in [0.25, 0.3) is 5.91 Å². The van der Waals surface area contributed by atoms with E-state index in [4.69, 9.17) is 13.9 Å². The van der Waals surface area contributed by atoms with E-state index in [0.717, 1.165) is 0 Å². The molecular weight excluding hydrogens is 364 g/mol. The SMILES string of the molecule is COC(=O)[C@H](Cc1cc(=O)oc2cc(OC)ccc12)NC(=O)c1cccnc1. The van der Waals surface area contributed by atoms with E-state index in [1.807, 2.05) is 0 Å². The maximum absolute atomic E-state index is 12.4. The molecule has 0 aliphatic heterocycles. The zero-order chi connectivity index (χ0) is 20.1. The predicted octanol–water partition coefficient (Wildman–Crippen LogP) is 1.71. The molecule has 1 aromatic carbocycles. The molecule has 3 aromatic rings. The highest BCUT2D eigenvalue weighted by atomic mass is 16.5. The Kier molecular flexibility index (Phi) is 5.69. The average molecular weight is 382 g/mol. The van der Waals surface area contributed by atoms with Crippen molar-refractivity contribution in [3.63, 3.8) is 0 Å². The largest absolute Gasteiger partial charge is 0.497 e. The van der Waals surface area contributed by atoms with E-state index in [-0.39, 0.29) is 6.42 Å². The Morgan fingerprint density at radius 1 is 1.21 bits per heavy atom. The zero-order valence-corrected chi connectivity index (χ0v) is 15.3. The normalized spacial score (nSPS) is 11.6. The first-order chi connectivity index (χ1) is 13.5. The third-order valence-electron chi connectivity index (χ3n) is 4.18. The molecule has 0 aliphatic carbocycles. The molecule has 0 unspecified atom stereocenters. The van der Waals surface area contributed by atoms with Crippen molar-refractivity contribution < 1.29 is 23.5 Å². The standard InChI is InChI=1S/C20H18N2O6/c1-26-14-5-6-15-13(9-18(23)28-17(15)10-14)8-16(20(25)27-2)22-19(24)12-4-3-7-21-11-12/h3-7,9-11,16H,8H2,1-2H3,(H,22,24)/t16-/m0/s1. The van der Waals surface area contributed by atoms with E-state index in [1.54, 1.807) is 30.3 Å². The molecule has 3 rings (SSSR count). The number of carbonyl (C=O) groups excluding carboxylic acids is 2. The van der Waals surface area contributed by atoms with E-state index in [0.29, 0.717) is 27.8 Å². The monoisotopic (exact) mass is 382 g/mol. The molecule has 28 heavy (non-hydrogen) atoms. The van der Waals surface area contributed by atoms with Crippen molar-refractivity contribution in [1.29, 1.82) is 0 Å². The molecule has 0 bridgehead atoms. The van der Waals surface area contributed by atoms with Crippen LogP contribution in [0.25, 0.3) is 11.0 Å². The van der Waals surface area contributed by atoms with Gasteiger partial charge in [0.2, 0.25) is 0 Å². The van der Waals surface area contributed by atoms with Gasteiger partial charge in [-0.3, -0.25) is 9.78 Å². The lowest BCUT2D eigenvalue weighted by molar-refractivity contribution is -0.142. The highest BCUT2D eigenvalue weighted by Gasteiger charge is 2.24. The molecular formula is C20H18N2O6. The van der Waals surface area contributed by atoms with Gasteiger partial charge in [0, 0.05) is 36.3 Å². The highest BCUT2D eigenvalue weighted by molar-refractivity contribution is 5.96. The van der Waals surface area contributed by atoms with Gasteiger partial charge in [0.1, 0.15) is 17.4 Å². The van der Waals surface area contributed by atoms with E-state index < -0.39 is 23.5 Å². The van der Waals surface area contributed by atoms with Gasteiger partial charge < -0.3 is 19.2 Å². The first-order valence-corrected chi connectivity index (χ1v) is 8.41. The lowest BCUT2D eigenvalue weighted by Crippen LogP contribution is -2.43. The summed E-state index contributed by atoms with van der Waals surface area (Å²) in [5.74, 6) is -0.577. The Bertz CT molecular complexity index is 1060. The summed E-state index contributed by atoms with van der Waals surface area (Å²) < 4.78 is 15.2. The smallest absolute Gasteiger partial charge is 0.336 e. The van der Waals surface area contributed by atoms with Crippen LogP contribution in [0.5, 0.6) is 5.75 Å². The molecule has 1 N–H and O–H groups in total. The zero-order valence-electron chi connectivity index (χ0n) is 15.3. The summed E-state index contributed by atoms with van der Waals surface area (Å²) in [6, 6.07) is 8.52. The van der Waals surface area contributed by atoms with Gasteiger partial charge in [-0.05, 0) is 29.8 Å². The summed E-state index contributed by atoms with van der Waals surface area (Å²) in [5, 5.41) is 3.26.